The first-order valence-electron chi connectivity index (χ1n) is 14.0. The van der Waals surface area contributed by atoms with Gasteiger partial charge in [-0.25, -0.2) is 9.36 Å². The third-order valence-electron chi connectivity index (χ3n) is 6.19. The van der Waals surface area contributed by atoms with E-state index in [9.17, 15) is 19.3 Å². The SMILES string of the molecule is COC(=O)[C@@H](CCCCNC(=O)OC(C)(C)C)NP(=O)(OCC(N)(CO)CCc1ccc(C#N)cc1)Oc1ccccc1. The van der Waals surface area contributed by atoms with Gasteiger partial charge in [0, 0.05) is 6.54 Å². The van der Waals surface area contributed by atoms with Gasteiger partial charge in [0.15, 0.2) is 0 Å². The second-order valence-electron chi connectivity index (χ2n) is 11.1. The van der Waals surface area contributed by atoms with Crippen molar-refractivity contribution < 1.29 is 37.8 Å². The zero-order chi connectivity index (χ0) is 31.9. The molecule has 0 spiro atoms. The van der Waals surface area contributed by atoms with Crippen molar-refractivity contribution in [2.45, 2.75) is 70.1 Å². The third-order valence-corrected chi connectivity index (χ3v) is 7.74. The number of nitrogens with zero attached hydrogens (tertiary/aromatic N) is 1. The first kappa shape index (κ1) is 35.7. The van der Waals surface area contributed by atoms with Gasteiger partial charge in [0.05, 0.1) is 37.5 Å². The molecule has 0 heterocycles. The molecule has 2 aromatic carbocycles. The highest BCUT2D eigenvalue weighted by Crippen LogP contribution is 2.46. The number of aryl methyl sites for hydroxylation is 1. The van der Waals surface area contributed by atoms with E-state index in [1.54, 1.807) is 75.4 Å². The predicted octanol–water partition coefficient (Wildman–Crippen LogP) is 4.21. The van der Waals surface area contributed by atoms with E-state index in [0.29, 0.717) is 31.4 Å². The molecule has 0 fully saturated rings. The van der Waals surface area contributed by atoms with Crippen LogP contribution >= 0.6 is 7.75 Å². The number of hydrogen-bond donors (Lipinski definition) is 4. The van der Waals surface area contributed by atoms with E-state index in [1.165, 1.54) is 7.11 Å². The van der Waals surface area contributed by atoms with Gasteiger partial charge in [-0.2, -0.15) is 10.3 Å². The topological polar surface area (TPSA) is 182 Å². The maximum Gasteiger partial charge on any atom is 0.459 e. The molecule has 2 rings (SSSR count). The van der Waals surface area contributed by atoms with E-state index in [-0.39, 0.29) is 25.2 Å². The van der Waals surface area contributed by atoms with E-state index >= 15 is 0 Å². The number of nitriles is 1. The van der Waals surface area contributed by atoms with E-state index < -0.39 is 43.6 Å². The number of unbranched alkanes of at least 4 members (excludes halogenated alkanes) is 1. The Balaban J connectivity index is 2.09. The van der Waals surface area contributed by atoms with E-state index in [1.807, 2.05) is 0 Å². The Morgan fingerprint density at radius 1 is 1.09 bits per heavy atom. The van der Waals surface area contributed by atoms with Gasteiger partial charge in [-0.15, -0.1) is 0 Å². The smallest absolute Gasteiger partial charge is 0.459 e. The van der Waals surface area contributed by atoms with Crippen molar-refractivity contribution in [1.82, 2.24) is 10.4 Å². The summed E-state index contributed by atoms with van der Waals surface area (Å²) in [6.45, 7) is 4.78. The number of methoxy groups -OCH3 is 1. The minimum atomic E-state index is -4.24. The molecule has 0 saturated carbocycles. The summed E-state index contributed by atoms with van der Waals surface area (Å²) in [5, 5.41) is 24.5. The van der Waals surface area contributed by atoms with Crippen LogP contribution in [-0.4, -0.2) is 61.2 Å². The molecule has 0 radical (unpaired) electrons. The summed E-state index contributed by atoms with van der Waals surface area (Å²) < 4.78 is 35.7. The molecule has 12 nitrogen and oxygen atoms in total. The Morgan fingerprint density at radius 2 is 1.77 bits per heavy atom. The Bertz CT molecular complexity index is 1250. The Labute approximate surface area is 253 Å². The molecule has 0 aliphatic rings. The zero-order valence-electron chi connectivity index (χ0n) is 25.2. The van der Waals surface area contributed by atoms with Crippen LogP contribution in [0, 0.1) is 11.3 Å². The number of aliphatic hydroxyl groups is 1. The van der Waals surface area contributed by atoms with Gasteiger partial charge >= 0.3 is 19.8 Å². The molecule has 2 aromatic rings. The third kappa shape index (κ3) is 13.6. The van der Waals surface area contributed by atoms with E-state index in [0.717, 1.165) is 5.56 Å². The molecule has 0 aliphatic heterocycles. The number of para-hydroxylation sites is 1. The summed E-state index contributed by atoms with van der Waals surface area (Å²) in [6, 6.07) is 16.3. The number of nitrogens with one attached hydrogen (secondary N) is 2. The van der Waals surface area contributed by atoms with Crippen molar-refractivity contribution >= 4 is 19.8 Å². The molecule has 0 aliphatic carbocycles. The molecular weight excluding hydrogens is 575 g/mol. The highest BCUT2D eigenvalue weighted by atomic mass is 31.2. The van der Waals surface area contributed by atoms with Crippen LogP contribution in [-0.2, 0) is 29.8 Å². The van der Waals surface area contributed by atoms with Gasteiger partial charge < -0.3 is 30.2 Å². The maximum atomic E-state index is 14.0. The fraction of sp³-hybridized carbons (Fsp3) is 0.500. The van der Waals surface area contributed by atoms with E-state index in [2.05, 4.69) is 16.5 Å². The van der Waals surface area contributed by atoms with Crippen LogP contribution in [0.2, 0.25) is 0 Å². The number of carbonyl (C=O) groups is 2. The molecule has 13 heteroatoms. The number of esters is 1. The number of alkyl carbamates (subject to hydrolysis) is 1. The second-order valence-corrected chi connectivity index (χ2v) is 12.8. The quantitative estimate of drug-likeness (QED) is 0.113. The van der Waals surface area contributed by atoms with Crippen LogP contribution in [0.15, 0.2) is 54.6 Å². The summed E-state index contributed by atoms with van der Waals surface area (Å²) in [4.78, 5) is 24.5. The summed E-state index contributed by atoms with van der Waals surface area (Å²) in [7, 11) is -3.03. The molecule has 236 valence electrons. The lowest BCUT2D eigenvalue weighted by Gasteiger charge is -2.30. The first-order chi connectivity index (χ1) is 20.3. The number of nitrogens with two attached hydrogens (primary N) is 1. The van der Waals surface area contributed by atoms with Crippen molar-refractivity contribution in [1.29, 1.82) is 5.26 Å². The highest BCUT2D eigenvalue weighted by Gasteiger charge is 2.37. The average Bonchev–Trinajstić information content (AvgIpc) is 2.98. The predicted molar refractivity (Wildman–Crippen MR) is 161 cm³/mol. The second kappa shape index (κ2) is 17.0. The molecule has 0 aromatic heterocycles. The lowest BCUT2D eigenvalue weighted by molar-refractivity contribution is -0.143. The van der Waals surface area contributed by atoms with Crippen LogP contribution in [0.4, 0.5) is 4.79 Å². The fourth-order valence-corrected chi connectivity index (χ4v) is 5.43. The molecule has 1 amide bonds. The van der Waals surface area contributed by atoms with Crippen molar-refractivity contribution in [3.8, 4) is 11.8 Å². The van der Waals surface area contributed by atoms with Crippen LogP contribution < -0.4 is 20.7 Å². The first-order valence-corrected chi connectivity index (χ1v) is 15.5. The van der Waals surface area contributed by atoms with Crippen molar-refractivity contribution in [3.63, 3.8) is 0 Å². The number of aliphatic hydroxyl groups excluding tert-OH is 1. The molecule has 5 N–H and O–H groups in total. The minimum Gasteiger partial charge on any atom is -0.468 e. The van der Waals surface area contributed by atoms with Gasteiger partial charge in [0.2, 0.25) is 0 Å². The summed E-state index contributed by atoms with van der Waals surface area (Å²) in [5.74, 6) is -0.449. The molecule has 0 bridgehead atoms. The number of ether oxygens (including phenoxy) is 2. The maximum absolute atomic E-state index is 14.0. The largest absolute Gasteiger partial charge is 0.468 e. The molecule has 2 unspecified atom stereocenters. The molecule has 3 atom stereocenters. The zero-order valence-corrected chi connectivity index (χ0v) is 26.1. The standard InChI is InChI=1S/C30H43N4O8P/c1-29(2,3)41-28(37)33-19-9-8-12-26(27(36)39-4)34-43(38,42-25-10-6-5-7-11-25)40-22-30(32,21-35)18-17-23-13-15-24(20-31)16-14-23/h5-7,10-11,13-16,26,35H,8-9,12,17-19,21-22,32H2,1-4H3,(H,33,37)(H,34,38)/t26-,30?,43?/m1/s1. The minimum absolute atomic E-state index is 0.195. The lowest BCUT2D eigenvalue weighted by Crippen LogP contribution is -2.49. The summed E-state index contributed by atoms with van der Waals surface area (Å²) >= 11 is 0. The normalized spacial score (nSPS) is 14.8. The number of carbonyl (C=O) groups excluding carboxylic acids is 2. The molecular formula is C30H43N4O8P. The Morgan fingerprint density at radius 3 is 2.35 bits per heavy atom. The lowest BCUT2D eigenvalue weighted by atomic mass is 9.94. The summed E-state index contributed by atoms with van der Waals surface area (Å²) in [6.07, 6.45) is 1.34. The van der Waals surface area contributed by atoms with Crippen molar-refractivity contribution in [3.05, 3.63) is 65.7 Å². The van der Waals surface area contributed by atoms with E-state index in [4.69, 9.17) is 29.5 Å². The number of hydrogen-bond acceptors (Lipinski definition) is 10. The van der Waals surface area contributed by atoms with Crippen molar-refractivity contribution in [2.75, 3.05) is 26.9 Å². The highest BCUT2D eigenvalue weighted by molar-refractivity contribution is 7.52. The monoisotopic (exact) mass is 618 g/mol. The van der Waals surface area contributed by atoms with Crippen LogP contribution in [0.5, 0.6) is 5.75 Å². The summed E-state index contributed by atoms with van der Waals surface area (Å²) in [5.41, 5.74) is 5.94. The fourth-order valence-electron chi connectivity index (χ4n) is 3.81. The van der Waals surface area contributed by atoms with Gasteiger partial charge in [0.25, 0.3) is 0 Å². The number of rotatable bonds is 17. The number of benzene rings is 2. The molecule has 43 heavy (non-hydrogen) atoms. The van der Waals surface area contributed by atoms with Crippen LogP contribution in [0.1, 0.15) is 57.6 Å². The van der Waals surface area contributed by atoms with Gasteiger partial charge in [-0.05, 0) is 82.7 Å². The van der Waals surface area contributed by atoms with Crippen molar-refractivity contribution in [2.24, 2.45) is 5.73 Å². The number of amides is 1. The van der Waals surface area contributed by atoms with Gasteiger partial charge in [-0.3, -0.25) is 9.32 Å². The average molecular weight is 619 g/mol. The van der Waals surface area contributed by atoms with Gasteiger partial charge in [-0.1, -0.05) is 30.3 Å². The molecule has 0 saturated heterocycles. The van der Waals surface area contributed by atoms with Crippen LogP contribution in [0.3, 0.4) is 0 Å². The van der Waals surface area contributed by atoms with Gasteiger partial charge in [0.1, 0.15) is 17.4 Å². The Kier molecular flexibility index (Phi) is 14.1. The van der Waals surface area contributed by atoms with Crippen LogP contribution in [0.25, 0.3) is 0 Å². The Hall–Kier alpha value is -3.46.